The summed E-state index contributed by atoms with van der Waals surface area (Å²) >= 11 is 1.47. The molecule has 0 unspecified atom stereocenters. The van der Waals surface area contributed by atoms with E-state index in [-0.39, 0.29) is 5.91 Å². The van der Waals surface area contributed by atoms with Crippen LogP contribution >= 0.6 is 11.8 Å². The van der Waals surface area contributed by atoms with Crippen molar-refractivity contribution in [1.29, 1.82) is 0 Å². The molecule has 3 aromatic rings. The molecule has 1 fully saturated rings. The fourth-order valence-corrected chi connectivity index (χ4v) is 5.68. The zero-order valence-electron chi connectivity index (χ0n) is 20.2. The topological polar surface area (TPSA) is 69.5 Å². The van der Waals surface area contributed by atoms with Crippen LogP contribution in [0.15, 0.2) is 53.7 Å². The number of likely N-dealkylation sites (N-methyl/N-ethyl adjacent to an activating group) is 1. The minimum atomic E-state index is -0.402. The first-order valence-corrected chi connectivity index (χ1v) is 12.5. The molecule has 0 saturated heterocycles. The van der Waals surface area contributed by atoms with Gasteiger partial charge in [0, 0.05) is 25.7 Å². The summed E-state index contributed by atoms with van der Waals surface area (Å²) in [4.78, 5) is 14.8. The number of thioether (sulfide) groups is 1. The molecule has 1 aliphatic rings. The number of ether oxygens (including phenoxy) is 2. The monoisotopic (exact) mass is 480 g/mol. The molecule has 1 atom stereocenters. The second-order valence-electron chi connectivity index (χ2n) is 8.68. The van der Waals surface area contributed by atoms with E-state index in [1.54, 1.807) is 33.2 Å². The normalized spacial score (nSPS) is 15.1. The third-order valence-corrected chi connectivity index (χ3v) is 7.44. The van der Waals surface area contributed by atoms with Crippen LogP contribution in [-0.4, -0.2) is 53.9 Å². The Balaban J connectivity index is 1.78. The summed E-state index contributed by atoms with van der Waals surface area (Å²) in [7, 11) is 6.84. The van der Waals surface area contributed by atoms with Crippen LogP contribution in [0.3, 0.4) is 0 Å². The number of nitrogens with zero attached hydrogens (tertiary/aromatic N) is 4. The number of benzene rings is 2. The standard InChI is InChI=1S/C26H32N4O3S/c1-29(2)25(31)23(18-11-7-5-8-12-18)34-26-28-27-24(30(26)20-13-9-6-10-14-20)19-15-16-21(32-3)22(17-19)33-4/h5,7-8,11-12,15-17,20,23H,6,9-10,13-14H2,1-4H3/t23-/m1/s1. The Morgan fingerprint density at radius 3 is 2.35 bits per heavy atom. The van der Waals surface area contributed by atoms with Crippen LogP contribution in [0.2, 0.25) is 0 Å². The largest absolute Gasteiger partial charge is 0.493 e. The van der Waals surface area contributed by atoms with Crippen molar-refractivity contribution >= 4 is 17.7 Å². The number of carbonyl (C=O) groups is 1. The van der Waals surface area contributed by atoms with E-state index in [1.807, 2.05) is 48.5 Å². The van der Waals surface area contributed by atoms with Gasteiger partial charge in [0.2, 0.25) is 5.91 Å². The number of aromatic nitrogens is 3. The minimum absolute atomic E-state index is 0.0297. The molecule has 2 aromatic carbocycles. The minimum Gasteiger partial charge on any atom is -0.493 e. The second-order valence-corrected chi connectivity index (χ2v) is 9.75. The Morgan fingerprint density at radius 2 is 1.71 bits per heavy atom. The molecule has 34 heavy (non-hydrogen) atoms. The van der Waals surface area contributed by atoms with Crippen LogP contribution in [0.1, 0.15) is 49.0 Å². The van der Waals surface area contributed by atoms with Crippen LogP contribution < -0.4 is 9.47 Å². The van der Waals surface area contributed by atoms with Gasteiger partial charge in [-0.15, -0.1) is 10.2 Å². The lowest BCUT2D eigenvalue weighted by Gasteiger charge is -2.27. The molecule has 1 amide bonds. The molecule has 1 aromatic heterocycles. The van der Waals surface area contributed by atoms with Crippen molar-refractivity contribution in [2.75, 3.05) is 28.3 Å². The number of rotatable bonds is 8. The highest BCUT2D eigenvalue weighted by atomic mass is 32.2. The summed E-state index contributed by atoms with van der Waals surface area (Å²) in [5.74, 6) is 2.14. The van der Waals surface area contributed by atoms with Gasteiger partial charge in [-0.05, 0) is 36.6 Å². The number of amides is 1. The smallest absolute Gasteiger partial charge is 0.240 e. The zero-order chi connectivity index (χ0) is 24.1. The van der Waals surface area contributed by atoms with Gasteiger partial charge in [-0.3, -0.25) is 9.36 Å². The molecule has 4 rings (SSSR count). The van der Waals surface area contributed by atoms with E-state index >= 15 is 0 Å². The molecular weight excluding hydrogens is 448 g/mol. The summed E-state index contributed by atoms with van der Waals surface area (Å²) in [6.45, 7) is 0. The zero-order valence-corrected chi connectivity index (χ0v) is 21.0. The maximum atomic E-state index is 13.2. The van der Waals surface area contributed by atoms with E-state index in [4.69, 9.17) is 9.47 Å². The molecule has 0 bridgehead atoms. The van der Waals surface area contributed by atoms with Gasteiger partial charge in [-0.25, -0.2) is 0 Å². The van der Waals surface area contributed by atoms with Crippen molar-refractivity contribution in [3.63, 3.8) is 0 Å². The molecule has 1 heterocycles. The van der Waals surface area contributed by atoms with E-state index in [2.05, 4.69) is 14.8 Å². The van der Waals surface area contributed by atoms with E-state index in [0.717, 1.165) is 34.9 Å². The number of carbonyl (C=O) groups excluding carboxylic acids is 1. The van der Waals surface area contributed by atoms with Gasteiger partial charge in [0.05, 0.1) is 14.2 Å². The molecule has 0 N–H and O–H groups in total. The van der Waals surface area contributed by atoms with Crippen molar-refractivity contribution in [1.82, 2.24) is 19.7 Å². The van der Waals surface area contributed by atoms with E-state index in [9.17, 15) is 4.79 Å². The molecule has 0 aliphatic heterocycles. The maximum Gasteiger partial charge on any atom is 0.240 e. The predicted octanol–water partition coefficient (Wildman–Crippen LogP) is 5.39. The Morgan fingerprint density at radius 1 is 1.00 bits per heavy atom. The van der Waals surface area contributed by atoms with E-state index in [0.29, 0.717) is 17.5 Å². The molecule has 1 aliphatic carbocycles. The Labute approximate surface area is 205 Å². The highest BCUT2D eigenvalue weighted by Gasteiger charge is 2.30. The van der Waals surface area contributed by atoms with Gasteiger partial charge in [0.1, 0.15) is 5.25 Å². The van der Waals surface area contributed by atoms with Crippen molar-refractivity contribution < 1.29 is 14.3 Å². The first kappa shape index (κ1) is 24.1. The summed E-state index contributed by atoms with van der Waals surface area (Å²) in [5.41, 5.74) is 1.87. The number of hydrogen-bond acceptors (Lipinski definition) is 6. The summed E-state index contributed by atoms with van der Waals surface area (Å²) in [5, 5.41) is 9.58. The Hall–Kier alpha value is -3.00. The van der Waals surface area contributed by atoms with Crippen LogP contribution in [0.25, 0.3) is 11.4 Å². The third kappa shape index (κ3) is 5.06. The predicted molar refractivity (Wildman–Crippen MR) is 134 cm³/mol. The van der Waals surface area contributed by atoms with Crippen LogP contribution in [0, 0.1) is 0 Å². The van der Waals surface area contributed by atoms with Gasteiger partial charge in [-0.2, -0.15) is 0 Å². The van der Waals surface area contributed by atoms with Gasteiger partial charge in [-0.1, -0.05) is 61.4 Å². The molecule has 0 spiro atoms. The van der Waals surface area contributed by atoms with Crippen LogP contribution in [-0.2, 0) is 4.79 Å². The van der Waals surface area contributed by atoms with Crippen molar-refractivity contribution in [2.24, 2.45) is 0 Å². The summed E-state index contributed by atoms with van der Waals surface area (Å²) in [6, 6.07) is 16.0. The average molecular weight is 481 g/mol. The lowest BCUT2D eigenvalue weighted by atomic mass is 9.95. The first-order valence-electron chi connectivity index (χ1n) is 11.6. The quantitative estimate of drug-likeness (QED) is 0.403. The highest BCUT2D eigenvalue weighted by molar-refractivity contribution is 8.00. The molecule has 1 saturated carbocycles. The molecule has 0 radical (unpaired) electrons. The Bertz CT molecular complexity index is 1110. The van der Waals surface area contributed by atoms with Gasteiger partial charge in [0.25, 0.3) is 0 Å². The maximum absolute atomic E-state index is 13.2. The van der Waals surface area contributed by atoms with Crippen LogP contribution in [0.4, 0.5) is 0 Å². The van der Waals surface area contributed by atoms with Gasteiger partial charge in [0.15, 0.2) is 22.5 Å². The Kier molecular flexibility index (Phi) is 7.77. The fourth-order valence-electron chi connectivity index (χ4n) is 4.43. The first-order chi connectivity index (χ1) is 16.5. The summed E-state index contributed by atoms with van der Waals surface area (Å²) < 4.78 is 13.2. The van der Waals surface area contributed by atoms with Crippen molar-refractivity contribution in [2.45, 2.75) is 48.6 Å². The molecule has 7 nitrogen and oxygen atoms in total. The summed E-state index contributed by atoms with van der Waals surface area (Å²) in [6.07, 6.45) is 5.75. The van der Waals surface area contributed by atoms with E-state index < -0.39 is 5.25 Å². The molecular formula is C26H32N4O3S. The lowest BCUT2D eigenvalue weighted by molar-refractivity contribution is -0.128. The average Bonchev–Trinajstić information content (AvgIpc) is 3.31. The van der Waals surface area contributed by atoms with Gasteiger partial charge >= 0.3 is 0 Å². The SMILES string of the molecule is COc1ccc(-c2nnc(S[C@@H](C(=O)N(C)C)c3ccccc3)n2C2CCCCC2)cc1OC. The molecule has 8 heteroatoms. The highest BCUT2D eigenvalue weighted by Crippen LogP contribution is 2.42. The third-order valence-electron chi connectivity index (χ3n) is 6.24. The van der Waals surface area contributed by atoms with Crippen molar-refractivity contribution in [3.05, 3.63) is 54.1 Å². The van der Waals surface area contributed by atoms with Crippen LogP contribution in [0.5, 0.6) is 11.5 Å². The lowest BCUT2D eigenvalue weighted by Crippen LogP contribution is -2.27. The second kappa shape index (κ2) is 11.0. The van der Waals surface area contributed by atoms with Gasteiger partial charge < -0.3 is 14.4 Å². The molecule has 180 valence electrons. The number of methoxy groups -OCH3 is 2. The van der Waals surface area contributed by atoms with E-state index in [1.165, 1.54) is 31.0 Å². The fraction of sp³-hybridized carbons (Fsp3) is 0.423. The number of hydrogen-bond donors (Lipinski definition) is 0. The van der Waals surface area contributed by atoms with Crippen molar-refractivity contribution in [3.8, 4) is 22.9 Å².